The number of hydrogen-bond acceptors (Lipinski definition) is 2. The van der Waals surface area contributed by atoms with Gasteiger partial charge < -0.3 is 10.1 Å². The lowest BCUT2D eigenvalue weighted by atomic mass is 9.83. The van der Waals surface area contributed by atoms with E-state index in [2.05, 4.69) is 5.32 Å². The standard InChI is InChI=1S/C16H21NO2/c18-15(19-12-14-5-2-1-3-6-14)17-16-9-4-7-13(11-16)8-10-16/h1-3,5-6,13H,4,7-12H2,(H,17,18). The number of hydrogen-bond donors (Lipinski definition) is 1. The van der Waals surface area contributed by atoms with Gasteiger partial charge in [0.05, 0.1) is 0 Å². The molecule has 2 aliphatic carbocycles. The van der Waals surface area contributed by atoms with E-state index >= 15 is 0 Å². The second kappa shape index (κ2) is 5.24. The van der Waals surface area contributed by atoms with E-state index in [1.165, 1.54) is 19.3 Å². The third-order valence-corrected chi connectivity index (χ3v) is 4.56. The SMILES string of the molecule is O=C(NC12CCCC(CC1)C2)OCc1ccccc1. The number of ether oxygens (including phenoxy) is 1. The van der Waals surface area contributed by atoms with Crippen LogP contribution in [0.4, 0.5) is 4.79 Å². The molecule has 2 saturated carbocycles. The van der Waals surface area contributed by atoms with Gasteiger partial charge in [-0.3, -0.25) is 0 Å². The monoisotopic (exact) mass is 259 g/mol. The van der Waals surface area contributed by atoms with E-state index in [1.54, 1.807) is 0 Å². The Hall–Kier alpha value is -1.51. The first-order valence-corrected chi connectivity index (χ1v) is 7.25. The highest BCUT2D eigenvalue weighted by atomic mass is 16.5. The molecule has 0 aliphatic heterocycles. The van der Waals surface area contributed by atoms with Crippen molar-refractivity contribution < 1.29 is 9.53 Å². The molecule has 0 saturated heterocycles. The molecule has 2 fully saturated rings. The molecular formula is C16H21NO2. The molecule has 19 heavy (non-hydrogen) atoms. The molecule has 2 aliphatic rings. The Balaban J connectivity index is 1.51. The van der Waals surface area contributed by atoms with Crippen molar-refractivity contribution >= 4 is 6.09 Å². The summed E-state index contributed by atoms with van der Waals surface area (Å²) in [6, 6.07) is 9.81. The van der Waals surface area contributed by atoms with Gasteiger partial charge in [0, 0.05) is 5.54 Å². The van der Waals surface area contributed by atoms with E-state index < -0.39 is 0 Å². The Labute approximate surface area is 114 Å². The summed E-state index contributed by atoms with van der Waals surface area (Å²) in [6.45, 7) is 0.353. The zero-order valence-electron chi connectivity index (χ0n) is 11.2. The Morgan fingerprint density at radius 2 is 2.11 bits per heavy atom. The molecule has 2 bridgehead atoms. The number of carbonyl (C=O) groups is 1. The molecule has 0 radical (unpaired) electrons. The first-order valence-electron chi connectivity index (χ1n) is 7.25. The van der Waals surface area contributed by atoms with Gasteiger partial charge in [-0.05, 0) is 37.2 Å². The van der Waals surface area contributed by atoms with Gasteiger partial charge in [0.15, 0.2) is 0 Å². The van der Waals surface area contributed by atoms with E-state index in [-0.39, 0.29) is 11.6 Å². The van der Waals surface area contributed by atoms with Gasteiger partial charge in [0.1, 0.15) is 6.61 Å². The van der Waals surface area contributed by atoms with Gasteiger partial charge >= 0.3 is 6.09 Å². The van der Waals surface area contributed by atoms with Crippen LogP contribution in [0.25, 0.3) is 0 Å². The first-order chi connectivity index (χ1) is 9.26. The fraction of sp³-hybridized carbons (Fsp3) is 0.562. The summed E-state index contributed by atoms with van der Waals surface area (Å²) in [4.78, 5) is 11.9. The number of alkyl carbamates (subject to hydrolysis) is 1. The molecule has 0 heterocycles. The summed E-state index contributed by atoms with van der Waals surface area (Å²) in [5.41, 5.74) is 1.07. The molecule has 102 valence electrons. The molecule has 1 aromatic rings. The molecule has 1 amide bonds. The lowest BCUT2D eigenvalue weighted by Gasteiger charge is -2.33. The van der Waals surface area contributed by atoms with Gasteiger partial charge in [-0.2, -0.15) is 0 Å². The largest absolute Gasteiger partial charge is 0.445 e. The maximum Gasteiger partial charge on any atom is 0.407 e. The van der Waals surface area contributed by atoms with Crippen LogP contribution in [0.2, 0.25) is 0 Å². The number of benzene rings is 1. The average molecular weight is 259 g/mol. The lowest BCUT2D eigenvalue weighted by Crippen LogP contribution is -2.47. The predicted molar refractivity (Wildman–Crippen MR) is 73.7 cm³/mol. The fourth-order valence-corrected chi connectivity index (χ4v) is 3.59. The topological polar surface area (TPSA) is 38.3 Å². The number of rotatable bonds is 3. The average Bonchev–Trinajstić information content (AvgIpc) is 2.72. The van der Waals surface area contributed by atoms with Gasteiger partial charge in [-0.15, -0.1) is 0 Å². The minimum atomic E-state index is -0.258. The van der Waals surface area contributed by atoms with Gasteiger partial charge in [-0.1, -0.05) is 43.2 Å². The van der Waals surface area contributed by atoms with E-state index in [9.17, 15) is 4.79 Å². The maximum atomic E-state index is 11.9. The quantitative estimate of drug-likeness (QED) is 0.900. The van der Waals surface area contributed by atoms with Crippen molar-refractivity contribution in [3.63, 3.8) is 0 Å². The third-order valence-electron chi connectivity index (χ3n) is 4.56. The Morgan fingerprint density at radius 1 is 1.26 bits per heavy atom. The highest BCUT2D eigenvalue weighted by molar-refractivity contribution is 5.68. The first kappa shape index (κ1) is 12.5. The van der Waals surface area contributed by atoms with Gasteiger partial charge in [-0.25, -0.2) is 4.79 Å². The van der Waals surface area contributed by atoms with E-state index in [0.717, 1.165) is 30.7 Å². The molecule has 0 aromatic heterocycles. The molecule has 1 N–H and O–H groups in total. The summed E-state index contributed by atoms with van der Waals surface area (Å²) < 4.78 is 5.33. The lowest BCUT2D eigenvalue weighted by molar-refractivity contribution is 0.120. The van der Waals surface area contributed by atoms with Crippen molar-refractivity contribution in [2.75, 3.05) is 0 Å². The van der Waals surface area contributed by atoms with Crippen LogP contribution in [0.1, 0.15) is 44.1 Å². The molecule has 3 nitrogen and oxygen atoms in total. The van der Waals surface area contributed by atoms with Crippen molar-refractivity contribution in [1.82, 2.24) is 5.32 Å². The van der Waals surface area contributed by atoms with Crippen LogP contribution in [-0.2, 0) is 11.3 Å². The molecule has 2 atom stereocenters. The highest BCUT2D eigenvalue weighted by Crippen LogP contribution is 2.45. The van der Waals surface area contributed by atoms with Crippen LogP contribution in [0.15, 0.2) is 30.3 Å². The summed E-state index contributed by atoms with van der Waals surface area (Å²) in [7, 11) is 0. The summed E-state index contributed by atoms with van der Waals surface area (Å²) in [5.74, 6) is 0.822. The van der Waals surface area contributed by atoms with E-state index in [4.69, 9.17) is 4.74 Å². The normalized spacial score (nSPS) is 28.9. The summed E-state index contributed by atoms with van der Waals surface area (Å²) in [5, 5.41) is 3.13. The van der Waals surface area contributed by atoms with Gasteiger partial charge in [0.25, 0.3) is 0 Å². The number of amides is 1. The molecule has 3 rings (SSSR count). The molecule has 0 spiro atoms. The second-order valence-corrected chi connectivity index (χ2v) is 5.97. The van der Waals surface area contributed by atoms with Crippen LogP contribution in [-0.4, -0.2) is 11.6 Å². The maximum absolute atomic E-state index is 11.9. The second-order valence-electron chi connectivity index (χ2n) is 5.97. The van der Waals surface area contributed by atoms with Crippen LogP contribution < -0.4 is 5.32 Å². The zero-order chi connectivity index (χ0) is 13.1. The van der Waals surface area contributed by atoms with Crippen molar-refractivity contribution in [2.45, 2.75) is 50.7 Å². The summed E-state index contributed by atoms with van der Waals surface area (Å²) >= 11 is 0. The minimum absolute atomic E-state index is 0.0384. The molecule has 2 unspecified atom stereocenters. The summed E-state index contributed by atoms with van der Waals surface area (Å²) in [6.07, 6.45) is 6.96. The van der Waals surface area contributed by atoms with Crippen molar-refractivity contribution in [3.05, 3.63) is 35.9 Å². The van der Waals surface area contributed by atoms with Crippen LogP contribution >= 0.6 is 0 Å². The van der Waals surface area contributed by atoms with Crippen LogP contribution in [0, 0.1) is 5.92 Å². The third kappa shape index (κ3) is 2.91. The van der Waals surface area contributed by atoms with E-state index in [0.29, 0.717) is 6.61 Å². The fourth-order valence-electron chi connectivity index (χ4n) is 3.59. The van der Waals surface area contributed by atoms with Crippen molar-refractivity contribution in [2.24, 2.45) is 5.92 Å². The molecular weight excluding hydrogens is 238 g/mol. The zero-order valence-corrected chi connectivity index (χ0v) is 11.2. The van der Waals surface area contributed by atoms with Crippen molar-refractivity contribution in [3.8, 4) is 0 Å². The smallest absolute Gasteiger partial charge is 0.407 e. The van der Waals surface area contributed by atoms with Crippen molar-refractivity contribution in [1.29, 1.82) is 0 Å². The number of nitrogens with one attached hydrogen (secondary N) is 1. The molecule has 1 aromatic carbocycles. The van der Waals surface area contributed by atoms with Crippen LogP contribution in [0.5, 0.6) is 0 Å². The minimum Gasteiger partial charge on any atom is -0.445 e. The van der Waals surface area contributed by atoms with Crippen LogP contribution in [0.3, 0.4) is 0 Å². The van der Waals surface area contributed by atoms with Gasteiger partial charge in [0.2, 0.25) is 0 Å². The Kier molecular flexibility index (Phi) is 3.45. The number of fused-ring (bicyclic) bond motifs is 2. The Bertz CT molecular complexity index is 441. The predicted octanol–water partition coefficient (Wildman–Crippen LogP) is 3.64. The highest BCUT2D eigenvalue weighted by Gasteiger charge is 2.43. The molecule has 3 heteroatoms. The number of carbonyl (C=O) groups excluding carboxylic acids is 1. The van der Waals surface area contributed by atoms with E-state index in [1.807, 2.05) is 30.3 Å². The Morgan fingerprint density at radius 3 is 2.95 bits per heavy atom.